The van der Waals surface area contributed by atoms with Crippen molar-refractivity contribution in [2.45, 2.75) is 25.4 Å². The average Bonchev–Trinajstić information content (AvgIpc) is 2.62. The number of carbonyl (C=O) groups excluding carboxylic acids is 1. The van der Waals surface area contributed by atoms with Gasteiger partial charge in [-0.2, -0.15) is 0 Å². The third-order valence-electron chi connectivity index (χ3n) is 4.95. The number of likely N-dealkylation sites (N-methyl/N-ethyl adjacent to an activating group) is 2. The van der Waals surface area contributed by atoms with Crippen molar-refractivity contribution in [3.8, 4) is 5.75 Å². The minimum Gasteiger partial charge on any atom is -0.496 e. The lowest BCUT2D eigenvalue weighted by Crippen LogP contribution is -2.47. The molecule has 1 aromatic carbocycles. The van der Waals surface area contributed by atoms with Crippen LogP contribution in [0.4, 0.5) is 0 Å². The summed E-state index contributed by atoms with van der Waals surface area (Å²) in [5, 5.41) is 8.89. The second-order valence-corrected chi connectivity index (χ2v) is 6.88. The third-order valence-corrected chi connectivity index (χ3v) is 4.95. The second-order valence-electron chi connectivity index (χ2n) is 6.88. The molecule has 7 nitrogen and oxygen atoms in total. The van der Waals surface area contributed by atoms with E-state index in [0.717, 1.165) is 37.2 Å². The molecule has 0 bridgehead atoms. The molecule has 0 radical (unpaired) electrons. The Kier molecular flexibility index (Phi) is 9.55. The summed E-state index contributed by atoms with van der Waals surface area (Å²) in [4.78, 5) is 29.1. The van der Waals surface area contributed by atoms with Gasteiger partial charge in [0.2, 0.25) is 5.91 Å². The lowest BCUT2D eigenvalue weighted by molar-refractivity contribution is -0.138. The van der Waals surface area contributed by atoms with E-state index in [9.17, 15) is 9.59 Å². The normalized spacial score (nSPS) is 15.3. The summed E-state index contributed by atoms with van der Waals surface area (Å²) in [6.07, 6.45) is 1.76. The number of carbonyl (C=O) groups is 2. The van der Waals surface area contributed by atoms with Crippen LogP contribution in [0.1, 0.15) is 18.4 Å². The molecular weight excluding hydrogens is 370 g/mol. The Morgan fingerprint density at radius 1 is 1.22 bits per heavy atom. The first-order chi connectivity index (χ1) is 12.4. The van der Waals surface area contributed by atoms with E-state index in [4.69, 9.17) is 9.84 Å². The number of amides is 1. The maximum absolute atomic E-state index is 12.5. The molecule has 1 aliphatic heterocycles. The zero-order chi connectivity index (χ0) is 19.1. The Bertz CT molecular complexity index is 621. The number of carboxylic acids is 1. The van der Waals surface area contributed by atoms with Crippen molar-refractivity contribution in [2.75, 3.05) is 47.4 Å². The topological polar surface area (TPSA) is 73.3 Å². The molecule has 1 N–H and O–H groups in total. The number of methoxy groups -OCH3 is 1. The average molecular weight is 400 g/mol. The van der Waals surface area contributed by atoms with Crippen molar-refractivity contribution in [2.24, 2.45) is 0 Å². The van der Waals surface area contributed by atoms with E-state index < -0.39 is 5.97 Å². The van der Waals surface area contributed by atoms with Gasteiger partial charge in [0.05, 0.1) is 20.2 Å². The first-order valence-electron chi connectivity index (χ1n) is 8.91. The van der Waals surface area contributed by atoms with Gasteiger partial charge in [-0.1, -0.05) is 18.2 Å². The smallest absolute Gasteiger partial charge is 0.317 e. The Hall–Kier alpha value is -1.83. The van der Waals surface area contributed by atoms with Gasteiger partial charge in [-0.15, -0.1) is 12.4 Å². The number of hydrogen-bond acceptors (Lipinski definition) is 5. The van der Waals surface area contributed by atoms with E-state index >= 15 is 0 Å². The molecule has 1 heterocycles. The van der Waals surface area contributed by atoms with Gasteiger partial charge in [-0.05, 0) is 26.0 Å². The summed E-state index contributed by atoms with van der Waals surface area (Å²) < 4.78 is 5.34. The van der Waals surface area contributed by atoms with E-state index in [1.165, 1.54) is 0 Å². The lowest BCUT2D eigenvalue weighted by Gasteiger charge is -2.36. The van der Waals surface area contributed by atoms with Gasteiger partial charge in [-0.3, -0.25) is 19.4 Å². The molecule has 0 saturated carbocycles. The van der Waals surface area contributed by atoms with E-state index in [1.807, 2.05) is 43.3 Å². The molecule has 0 aromatic heterocycles. The summed E-state index contributed by atoms with van der Waals surface area (Å²) in [6.45, 7) is 2.58. The van der Waals surface area contributed by atoms with E-state index in [1.54, 1.807) is 12.0 Å². The monoisotopic (exact) mass is 399 g/mol. The van der Waals surface area contributed by atoms with Crippen molar-refractivity contribution >= 4 is 24.3 Å². The number of benzene rings is 1. The van der Waals surface area contributed by atoms with Gasteiger partial charge in [0.25, 0.3) is 0 Å². The molecule has 0 aliphatic carbocycles. The fraction of sp³-hybridized carbons (Fsp3) is 0.579. The predicted molar refractivity (Wildman–Crippen MR) is 106 cm³/mol. The number of likely N-dealkylation sites (tertiary alicyclic amines) is 1. The number of ether oxygens (including phenoxy) is 1. The van der Waals surface area contributed by atoms with Crippen LogP contribution in [0.2, 0.25) is 0 Å². The molecule has 1 aromatic rings. The molecule has 152 valence electrons. The molecule has 27 heavy (non-hydrogen) atoms. The van der Waals surface area contributed by atoms with Gasteiger partial charge in [0.1, 0.15) is 5.75 Å². The van der Waals surface area contributed by atoms with Gasteiger partial charge < -0.3 is 14.7 Å². The van der Waals surface area contributed by atoms with Crippen molar-refractivity contribution in [1.82, 2.24) is 14.7 Å². The maximum Gasteiger partial charge on any atom is 0.317 e. The number of halogens is 1. The van der Waals surface area contributed by atoms with Gasteiger partial charge in [0, 0.05) is 38.3 Å². The summed E-state index contributed by atoms with van der Waals surface area (Å²) in [6, 6.07) is 7.98. The van der Waals surface area contributed by atoms with Crippen LogP contribution < -0.4 is 4.74 Å². The number of aliphatic carboxylic acids is 1. The van der Waals surface area contributed by atoms with Gasteiger partial charge >= 0.3 is 5.97 Å². The van der Waals surface area contributed by atoms with Crippen LogP contribution in [-0.4, -0.2) is 85.1 Å². The largest absolute Gasteiger partial charge is 0.496 e. The third kappa shape index (κ3) is 7.01. The van der Waals surface area contributed by atoms with Crippen LogP contribution in [0.5, 0.6) is 5.75 Å². The zero-order valence-electron chi connectivity index (χ0n) is 16.3. The minimum absolute atomic E-state index is 0. The Labute approximate surface area is 167 Å². The molecule has 2 rings (SSSR count). The van der Waals surface area contributed by atoms with Crippen molar-refractivity contribution in [3.05, 3.63) is 29.8 Å². The summed E-state index contributed by atoms with van der Waals surface area (Å²) >= 11 is 0. The highest BCUT2D eigenvalue weighted by Crippen LogP contribution is 2.19. The highest BCUT2D eigenvalue weighted by molar-refractivity contribution is 5.85. The van der Waals surface area contributed by atoms with E-state index in [2.05, 4.69) is 4.90 Å². The fourth-order valence-electron chi connectivity index (χ4n) is 3.35. The van der Waals surface area contributed by atoms with Crippen LogP contribution in [0.3, 0.4) is 0 Å². The van der Waals surface area contributed by atoms with Crippen LogP contribution >= 0.6 is 12.4 Å². The first-order valence-corrected chi connectivity index (χ1v) is 8.91. The molecule has 0 atom stereocenters. The lowest BCUT2D eigenvalue weighted by atomic mass is 10.0. The summed E-state index contributed by atoms with van der Waals surface area (Å²) in [5.74, 6) is 0.0609. The molecular formula is C19H30ClN3O4. The van der Waals surface area contributed by atoms with Crippen LogP contribution in [0.15, 0.2) is 24.3 Å². The zero-order valence-corrected chi connectivity index (χ0v) is 17.1. The Balaban J connectivity index is 0.00000364. The number of carboxylic acid groups (broad SMARTS) is 1. The van der Waals surface area contributed by atoms with Crippen LogP contribution in [0, 0.1) is 0 Å². The molecule has 0 spiro atoms. The molecule has 1 aliphatic rings. The molecule has 1 saturated heterocycles. The molecule has 1 amide bonds. The minimum atomic E-state index is -0.803. The van der Waals surface area contributed by atoms with Crippen molar-refractivity contribution < 1.29 is 19.4 Å². The first kappa shape index (κ1) is 23.2. The van der Waals surface area contributed by atoms with Crippen LogP contribution in [0.25, 0.3) is 0 Å². The number of hydrogen-bond donors (Lipinski definition) is 1. The van der Waals surface area contributed by atoms with E-state index in [0.29, 0.717) is 13.1 Å². The summed E-state index contributed by atoms with van der Waals surface area (Å²) in [7, 11) is 5.29. The van der Waals surface area contributed by atoms with Gasteiger partial charge in [0.15, 0.2) is 0 Å². The standard InChI is InChI=1S/C19H29N3O4.ClH/c1-20(14-19(24)25)16-8-10-22(11-9-16)13-18(23)21(2)12-15-6-4-5-7-17(15)26-3;/h4-7,16H,8-14H2,1-3H3,(H,24,25);1H. The molecule has 1 fully saturated rings. The number of para-hydroxylation sites is 1. The maximum atomic E-state index is 12.5. The molecule has 0 unspecified atom stereocenters. The Morgan fingerprint density at radius 3 is 2.44 bits per heavy atom. The van der Waals surface area contributed by atoms with Gasteiger partial charge in [-0.25, -0.2) is 0 Å². The number of rotatable bonds is 8. The number of nitrogens with zero attached hydrogens (tertiary/aromatic N) is 3. The second kappa shape index (κ2) is 11.1. The highest BCUT2D eigenvalue weighted by atomic mass is 35.5. The van der Waals surface area contributed by atoms with Crippen molar-refractivity contribution in [3.63, 3.8) is 0 Å². The SMILES string of the molecule is COc1ccccc1CN(C)C(=O)CN1CCC(N(C)CC(=O)O)CC1.Cl. The summed E-state index contributed by atoms with van der Waals surface area (Å²) in [5.41, 5.74) is 0.986. The quantitative estimate of drug-likeness (QED) is 0.715. The van der Waals surface area contributed by atoms with Crippen molar-refractivity contribution in [1.29, 1.82) is 0 Å². The van der Waals surface area contributed by atoms with E-state index in [-0.39, 0.29) is 30.9 Å². The number of piperidine rings is 1. The fourth-order valence-corrected chi connectivity index (χ4v) is 3.35. The predicted octanol–water partition coefficient (Wildman–Crippen LogP) is 1.56. The highest BCUT2D eigenvalue weighted by Gasteiger charge is 2.25. The van der Waals surface area contributed by atoms with Crippen LogP contribution in [-0.2, 0) is 16.1 Å². The Morgan fingerprint density at radius 2 is 1.85 bits per heavy atom. The molecule has 8 heteroatoms.